The van der Waals surface area contributed by atoms with Crippen LogP contribution in [0.15, 0.2) is 53.4 Å². The number of nitrogens with zero attached hydrogens (tertiary/aromatic N) is 1. The molecule has 1 saturated carbocycles. The maximum atomic E-state index is 12.6. The third kappa shape index (κ3) is 4.39. The number of carbonyl (C=O) groups excluding carboxylic acids is 2. The molecule has 4 unspecified atom stereocenters. The Morgan fingerprint density at radius 2 is 1.71 bits per heavy atom. The zero-order valence-corrected chi connectivity index (χ0v) is 18.1. The highest BCUT2D eigenvalue weighted by atomic mass is 32.2. The SMILES string of the molecule is CSc1ccc(Oc2ccc(C(=O)NCC(=O)N3C(C(=O)O)CC4C(C)C43)cc2)cc1. The van der Waals surface area contributed by atoms with Crippen molar-refractivity contribution in [3.05, 3.63) is 54.1 Å². The van der Waals surface area contributed by atoms with Crippen molar-refractivity contribution in [1.82, 2.24) is 10.2 Å². The predicted octanol–water partition coefficient (Wildman–Crippen LogP) is 3.25. The fraction of sp³-hybridized carbons (Fsp3) is 0.348. The fourth-order valence-corrected chi connectivity index (χ4v) is 4.69. The van der Waals surface area contributed by atoms with Crippen molar-refractivity contribution in [1.29, 1.82) is 0 Å². The van der Waals surface area contributed by atoms with Crippen LogP contribution in [-0.2, 0) is 9.59 Å². The van der Waals surface area contributed by atoms with Crippen molar-refractivity contribution in [2.75, 3.05) is 12.8 Å². The Morgan fingerprint density at radius 3 is 2.29 bits per heavy atom. The number of hydrogen-bond acceptors (Lipinski definition) is 5. The van der Waals surface area contributed by atoms with E-state index in [2.05, 4.69) is 5.32 Å². The molecule has 2 aliphatic rings. The summed E-state index contributed by atoms with van der Waals surface area (Å²) in [4.78, 5) is 39.1. The van der Waals surface area contributed by atoms with Gasteiger partial charge in [0.25, 0.3) is 5.91 Å². The highest BCUT2D eigenvalue weighted by Gasteiger charge is 2.61. The van der Waals surface area contributed by atoms with E-state index in [0.717, 1.165) is 4.90 Å². The standard InChI is InChI=1S/C23H24N2O5S/c1-13-18-11-19(23(28)29)25(21(13)18)20(26)12-24-22(27)14-3-5-15(6-4-14)30-16-7-9-17(31-2)10-8-16/h3-10,13,18-19,21H,11-12H2,1-2H3,(H,24,27)(H,28,29). The Labute approximate surface area is 184 Å². The maximum Gasteiger partial charge on any atom is 0.326 e. The van der Waals surface area contributed by atoms with E-state index in [9.17, 15) is 19.5 Å². The number of carboxylic acid groups (broad SMARTS) is 1. The first kappa shape index (κ1) is 21.2. The van der Waals surface area contributed by atoms with E-state index in [1.807, 2.05) is 37.4 Å². The highest BCUT2D eigenvalue weighted by Crippen LogP contribution is 2.53. The van der Waals surface area contributed by atoms with E-state index in [1.165, 1.54) is 4.90 Å². The normalized spacial score (nSPS) is 23.7. The second kappa shape index (κ2) is 8.63. The molecule has 2 aromatic carbocycles. The summed E-state index contributed by atoms with van der Waals surface area (Å²) in [5, 5.41) is 12.0. The summed E-state index contributed by atoms with van der Waals surface area (Å²) in [7, 11) is 0. The molecule has 2 amide bonds. The van der Waals surface area contributed by atoms with Crippen LogP contribution in [0.2, 0.25) is 0 Å². The van der Waals surface area contributed by atoms with Crippen molar-refractivity contribution in [3.63, 3.8) is 0 Å². The largest absolute Gasteiger partial charge is 0.480 e. The maximum absolute atomic E-state index is 12.6. The quantitative estimate of drug-likeness (QED) is 0.642. The Bertz CT molecular complexity index is 992. The molecule has 8 heteroatoms. The van der Waals surface area contributed by atoms with Gasteiger partial charge in [0.05, 0.1) is 6.54 Å². The van der Waals surface area contributed by atoms with Gasteiger partial charge >= 0.3 is 5.97 Å². The summed E-state index contributed by atoms with van der Waals surface area (Å²) in [6.07, 6.45) is 2.49. The number of aliphatic carboxylic acids is 1. The van der Waals surface area contributed by atoms with Crippen LogP contribution < -0.4 is 10.1 Å². The molecule has 1 saturated heterocycles. The average Bonchev–Trinajstić information content (AvgIpc) is 3.21. The van der Waals surface area contributed by atoms with Gasteiger partial charge in [0.2, 0.25) is 5.91 Å². The second-order valence-electron chi connectivity index (χ2n) is 7.89. The Kier molecular flexibility index (Phi) is 5.91. The Balaban J connectivity index is 1.32. The lowest BCUT2D eigenvalue weighted by Crippen LogP contribution is -2.48. The molecule has 31 heavy (non-hydrogen) atoms. The molecule has 2 fully saturated rings. The van der Waals surface area contributed by atoms with Gasteiger partial charge in [-0.25, -0.2) is 4.79 Å². The highest BCUT2D eigenvalue weighted by molar-refractivity contribution is 7.98. The Hall–Kier alpha value is -3.00. The molecule has 7 nitrogen and oxygen atoms in total. The van der Waals surface area contributed by atoms with Crippen LogP contribution in [-0.4, -0.2) is 52.7 Å². The first-order valence-corrected chi connectivity index (χ1v) is 11.4. The van der Waals surface area contributed by atoms with E-state index in [4.69, 9.17) is 4.74 Å². The van der Waals surface area contributed by atoms with E-state index in [0.29, 0.717) is 29.4 Å². The molecular formula is C23H24N2O5S. The summed E-state index contributed by atoms with van der Waals surface area (Å²) in [6, 6.07) is 13.5. The van der Waals surface area contributed by atoms with Gasteiger partial charge in [-0.2, -0.15) is 0 Å². The summed E-state index contributed by atoms with van der Waals surface area (Å²) in [5.74, 6) is 0.135. The van der Waals surface area contributed by atoms with E-state index < -0.39 is 17.9 Å². The lowest BCUT2D eigenvalue weighted by atomic mass is 10.1. The zero-order chi connectivity index (χ0) is 22.1. The number of hydrogen-bond donors (Lipinski definition) is 2. The number of rotatable bonds is 7. The number of fused-ring (bicyclic) bond motifs is 1. The Morgan fingerprint density at radius 1 is 1.10 bits per heavy atom. The molecule has 0 radical (unpaired) electrons. The lowest BCUT2D eigenvalue weighted by Gasteiger charge is -2.25. The molecule has 2 N–H and O–H groups in total. The number of likely N-dealkylation sites (tertiary alicyclic amines) is 1. The van der Waals surface area contributed by atoms with Crippen LogP contribution >= 0.6 is 11.8 Å². The van der Waals surface area contributed by atoms with Crippen LogP contribution in [0.1, 0.15) is 23.7 Å². The third-order valence-corrected chi connectivity index (χ3v) is 6.79. The zero-order valence-electron chi connectivity index (χ0n) is 17.3. The van der Waals surface area contributed by atoms with Crippen molar-refractivity contribution in [3.8, 4) is 11.5 Å². The van der Waals surface area contributed by atoms with Crippen molar-refractivity contribution >= 4 is 29.5 Å². The van der Waals surface area contributed by atoms with Gasteiger partial charge in [0.1, 0.15) is 17.5 Å². The first-order chi connectivity index (χ1) is 14.9. The van der Waals surface area contributed by atoms with Gasteiger partial charge in [-0.05, 0) is 73.0 Å². The molecular weight excluding hydrogens is 416 g/mol. The van der Waals surface area contributed by atoms with Crippen LogP contribution in [0.25, 0.3) is 0 Å². The summed E-state index contributed by atoms with van der Waals surface area (Å²) in [5.41, 5.74) is 0.395. The van der Waals surface area contributed by atoms with E-state index >= 15 is 0 Å². The summed E-state index contributed by atoms with van der Waals surface area (Å²) in [6.45, 7) is 1.80. The number of nitrogens with one attached hydrogen (secondary N) is 1. The summed E-state index contributed by atoms with van der Waals surface area (Å²) >= 11 is 1.65. The molecule has 162 valence electrons. The molecule has 1 aliphatic carbocycles. The van der Waals surface area contributed by atoms with E-state index in [-0.39, 0.29) is 24.4 Å². The number of carbonyl (C=O) groups is 3. The van der Waals surface area contributed by atoms with Crippen LogP contribution in [0.3, 0.4) is 0 Å². The second-order valence-corrected chi connectivity index (χ2v) is 8.77. The number of carboxylic acids is 1. The van der Waals surface area contributed by atoms with Gasteiger partial charge in [-0.1, -0.05) is 6.92 Å². The third-order valence-electron chi connectivity index (χ3n) is 6.05. The van der Waals surface area contributed by atoms with Crippen LogP contribution in [0, 0.1) is 11.8 Å². The number of benzene rings is 2. The monoisotopic (exact) mass is 440 g/mol. The molecule has 4 rings (SSSR count). The first-order valence-electron chi connectivity index (χ1n) is 10.1. The van der Waals surface area contributed by atoms with E-state index in [1.54, 1.807) is 36.0 Å². The van der Waals surface area contributed by atoms with Gasteiger partial charge < -0.3 is 20.1 Å². The van der Waals surface area contributed by atoms with Crippen LogP contribution in [0.4, 0.5) is 0 Å². The predicted molar refractivity (Wildman–Crippen MR) is 116 cm³/mol. The smallest absolute Gasteiger partial charge is 0.326 e. The lowest BCUT2D eigenvalue weighted by molar-refractivity contribution is -0.149. The number of piperidine rings is 1. The van der Waals surface area contributed by atoms with Gasteiger partial charge in [0.15, 0.2) is 0 Å². The van der Waals surface area contributed by atoms with Crippen molar-refractivity contribution < 1.29 is 24.2 Å². The average molecular weight is 441 g/mol. The van der Waals surface area contributed by atoms with Crippen molar-refractivity contribution in [2.24, 2.45) is 11.8 Å². The number of amides is 2. The number of thioether (sulfide) groups is 1. The molecule has 2 aromatic rings. The van der Waals surface area contributed by atoms with Crippen molar-refractivity contribution in [2.45, 2.75) is 30.3 Å². The minimum absolute atomic E-state index is 0.0214. The minimum Gasteiger partial charge on any atom is -0.480 e. The van der Waals surface area contributed by atoms with Crippen LogP contribution in [0.5, 0.6) is 11.5 Å². The molecule has 4 atom stereocenters. The number of ether oxygens (including phenoxy) is 1. The molecule has 1 aliphatic heterocycles. The molecule has 0 spiro atoms. The summed E-state index contributed by atoms with van der Waals surface area (Å²) < 4.78 is 5.78. The fourth-order valence-electron chi connectivity index (χ4n) is 4.28. The molecule has 0 aromatic heterocycles. The minimum atomic E-state index is -0.988. The topological polar surface area (TPSA) is 95.9 Å². The van der Waals surface area contributed by atoms with Gasteiger partial charge in [-0.3, -0.25) is 9.59 Å². The molecule has 0 bridgehead atoms. The molecule has 1 heterocycles. The van der Waals surface area contributed by atoms with Gasteiger partial charge in [0, 0.05) is 16.5 Å². The van der Waals surface area contributed by atoms with Gasteiger partial charge in [-0.15, -0.1) is 11.8 Å².